The Morgan fingerprint density at radius 2 is 2.14 bits per heavy atom. The third-order valence-corrected chi connectivity index (χ3v) is 5.31. The van der Waals surface area contributed by atoms with Gasteiger partial charge in [0.05, 0.1) is 18.2 Å². The molecular weight excluding hydrogens is 374 g/mol. The van der Waals surface area contributed by atoms with Gasteiger partial charge in [0, 0.05) is 47.5 Å². The number of fused-ring (bicyclic) bond motifs is 1. The lowest BCUT2D eigenvalue weighted by molar-refractivity contribution is 0.0934. The van der Waals surface area contributed by atoms with E-state index in [-0.39, 0.29) is 11.9 Å². The lowest BCUT2D eigenvalue weighted by Gasteiger charge is -2.35. The third-order valence-electron chi connectivity index (χ3n) is 5.09. The van der Waals surface area contributed by atoms with E-state index < -0.39 is 0 Å². The van der Waals surface area contributed by atoms with Gasteiger partial charge in [-0.25, -0.2) is 0 Å². The van der Waals surface area contributed by atoms with Crippen LogP contribution in [0, 0.1) is 0 Å². The minimum absolute atomic E-state index is 0.0604. The summed E-state index contributed by atoms with van der Waals surface area (Å²) in [6.45, 7) is 1.71. The van der Waals surface area contributed by atoms with Crippen LogP contribution in [0.2, 0.25) is 5.02 Å². The zero-order valence-electron chi connectivity index (χ0n) is 15.7. The van der Waals surface area contributed by atoms with Crippen LogP contribution >= 0.6 is 11.6 Å². The highest BCUT2D eigenvalue weighted by Gasteiger charge is 2.23. The molecule has 0 spiro atoms. The Labute approximate surface area is 169 Å². The van der Waals surface area contributed by atoms with Crippen molar-refractivity contribution in [1.82, 2.24) is 10.3 Å². The van der Waals surface area contributed by atoms with Crippen molar-refractivity contribution in [2.75, 3.05) is 25.1 Å². The van der Waals surface area contributed by atoms with Gasteiger partial charge in [-0.1, -0.05) is 23.7 Å². The quantitative estimate of drug-likeness (QED) is 0.715. The number of ether oxygens (including phenoxy) is 1. The summed E-state index contributed by atoms with van der Waals surface area (Å²) in [5, 5.41) is 4.57. The van der Waals surface area contributed by atoms with Crippen molar-refractivity contribution in [1.29, 1.82) is 0 Å². The van der Waals surface area contributed by atoms with Crippen molar-refractivity contribution in [2.24, 2.45) is 0 Å². The van der Waals surface area contributed by atoms with Crippen LogP contribution in [0.15, 0.2) is 54.7 Å². The van der Waals surface area contributed by atoms with Crippen LogP contribution in [-0.2, 0) is 0 Å². The lowest BCUT2D eigenvalue weighted by Crippen LogP contribution is -2.47. The van der Waals surface area contributed by atoms with Gasteiger partial charge in [-0.05, 0) is 43.2 Å². The fourth-order valence-electron chi connectivity index (χ4n) is 3.73. The number of aromatic nitrogens is 1. The maximum Gasteiger partial charge on any atom is 0.253 e. The number of pyridine rings is 1. The van der Waals surface area contributed by atoms with Crippen LogP contribution in [0.5, 0.6) is 5.75 Å². The van der Waals surface area contributed by atoms with E-state index in [0.717, 1.165) is 42.8 Å². The Balaban J connectivity index is 1.52. The second kappa shape index (κ2) is 8.07. The van der Waals surface area contributed by atoms with Gasteiger partial charge in [-0.15, -0.1) is 0 Å². The van der Waals surface area contributed by atoms with Gasteiger partial charge >= 0.3 is 0 Å². The summed E-state index contributed by atoms with van der Waals surface area (Å²) < 4.78 is 5.33. The molecule has 0 aliphatic carbocycles. The number of rotatable bonds is 4. The van der Waals surface area contributed by atoms with Crippen LogP contribution in [0.25, 0.3) is 10.9 Å². The Hall–Kier alpha value is -2.79. The standard InChI is InChI=1S/C22H22ClN3O2/c1-28-19-8-2-7-18(13-19)26-10-4-6-17(14-26)25-22(27)20-12-16(23)11-15-5-3-9-24-21(15)20/h2-3,5,7-9,11-13,17H,4,6,10,14H2,1H3,(H,25,27). The number of carbonyl (C=O) groups excluding carboxylic acids is 1. The molecule has 28 heavy (non-hydrogen) atoms. The predicted octanol–water partition coefficient (Wildman–Crippen LogP) is 4.30. The van der Waals surface area contributed by atoms with E-state index in [1.54, 1.807) is 19.4 Å². The monoisotopic (exact) mass is 395 g/mol. The molecule has 0 bridgehead atoms. The van der Waals surface area contributed by atoms with Crippen molar-refractivity contribution < 1.29 is 9.53 Å². The molecule has 4 rings (SSSR count). The molecule has 0 saturated carbocycles. The summed E-state index contributed by atoms with van der Waals surface area (Å²) in [4.78, 5) is 19.6. The molecule has 5 nitrogen and oxygen atoms in total. The van der Waals surface area contributed by atoms with E-state index in [4.69, 9.17) is 16.3 Å². The van der Waals surface area contributed by atoms with E-state index in [2.05, 4.69) is 21.3 Å². The van der Waals surface area contributed by atoms with Gasteiger partial charge in [0.15, 0.2) is 0 Å². The molecule has 1 saturated heterocycles. The Kier molecular flexibility index (Phi) is 5.35. The van der Waals surface area contributed by atoms with Gasteiger partial charge in [0.1, 0.15) is 5.75 Å². The first-order valence-electron chi connectivity index (χ1n) is 9.38. The van der Waals surface area contributed by atoms with Crippen molar-refractivity contribution in [3.8, 4) is 5.75 Å². The molecule has 1 unspecified atom stereocenters. The van der Waals surface area contributed by atoms with Crippen LogP contribution in [0.1, 0.15) is 23.2 Å². The number of nitrogens with zero attached hydrogens (tertiary/aromatic N) is 2. The molecule has 1 aliphatic heterocycles. The van der Waals surface area contributed by atoms with Gasteiger partial charge in [-0.3, -0.25) is 9.78 Å². The average Bonchev–Trinajstić information content (AvgIpc) is 2.73. The number of hydrogen-bond acceptors (Lipinski definition) is 4. The van der Waals surface area contributed by atoms with Gasteiger partial charge in [0.2, 0.25) is 0 Å². The first-order valence-corrected chi connectivity index (χ1v) is 9.76. The minimum Gasteiger partial charge on any atom is -0.497 e. The van der Waals surface area contributed by atoms with Crippen molar-refractivity contribution in [3.63, 3.8) is 0 Å². The average molecular weight is 396 g/mol. The maximum atomic E-state index is 13.0. The topological polar surface area (TPSA) is 54.5 Å². The molecule has 3 aromatic rings. The second-order valence-corrected chi connectivity index (χ2v) is 7.43. The van der Waals surface area contributed by atoms with E-state index in [0.29, 0.717) is 16.1 Å². The van der Waals surface area contributed by atoms with Crippen LogP contribution in [0.4, 0.5) is 5.69 Å². The zero-order valence-corrected chi connectivity index (χ0v) is 16.4. The number of amides is 1. The van der Waals surface area contributed by atoms with Gasteiger partial charge in [0.25, 0.3) is 5.91 Å². The number of methoxy groups -OCH3 is 1. The highest BCUT2D eigenvalue weighted by Crippen LogP contribution is 2.25. The normalized spacial score (nSPS) is 16.8. The van der Waals surface area contributed by atoms with E-state index in [9.17, 15) is 4.79 Å². The van der Waals surface area contributed by atoms with Crippen LogP contribution in [-0.4, -0.2) is 37.1 Å². The highest BCUT2D eigenvalue weighted by atomic mass is 35.5. The molecular formula is C22H22ClN3O2. The molecule has 1 fully saturated rings. The summed E-state index contributed by atoms with van der Waals surface area (Å²) in [6.07, 6.45) is 3.65. The number of halogens is 1. The van der Waals surface area contributed by atoms with Crippen LogP contribution in [0.3, 0.4) is 0 Å². The van der Waals surface area contributed by atoms with E-state index in [1.165, 1.54) is 0 Å². The number of piperidine rings is 1. The number of carbonyl (C=O) groups is 1. The summed E-state index contributed by atoms with van der Waals surface area (Å²) >= 11 is 6.21. The number of benzene rings is 2. The molecule has 6 heteroatoms. The summed E-state index contributed by atoms with van der Waals surface area (Å²) in [5.41, 5.74) is 2.29. The predicted molar refractivity (Wildman–Crippen MR) is 112 cm³/mol. The SMILES string of the molecule is COc1cccc(N2CCCC(NC(=O)c3cc(Cl)cc4cccnc34)C2)c1. The minimum atomic E-state index is -0.135. The molecule has 1 atom stereocenters. The first kappa shape index (κ1) is 18.6. The van der Waals surface area contributed by atoms with Crippen molar-refractivity contribution in [3.05, 3.63) is 65.3 Å². The molecule has 1 amide bonds. The zero-order chi connectivity index (χ0) is 19.5. The molecule has 2 aromatic carbocycles. The largest absolute Gasteiger partial charge is 0.497 e. The Morgan fingerprint density at radius 1 is 1.25 bits per heavy atom. The van der Waals surface area contributed by atoms with Crippen molar-refractivity contribution in [2.45, 2.75) is 18.9 Å². The maximum absolute atomic E-state index is 13.0. The van der Waals surface area contributed by atoms with Gasteiger partial charge in [-0.2, -0.15) is 0 Å². The smallest absolute Gasteiger partial charge is 0.253 e. The number of hydrogen-bond donors (Lipinski definition) is 1. The fraction of sp³-hybridized carbons (Fsp3) is 0.273. The lowest BCUT2D eigenvalue weighted by atomic mass is 10.0. The third kappa shape index (κ3) is 3.90. The van der Waals surface area contributed by atoms with E-state index in [1.807, 2.05) is 36.4 Å². The molecule has 2 heterocycles. The van der Waals surface area contributed by atoms with Crippen molar-refractivity contribution >= 4 is 34.1 Å². The Morgan fingerprint density at radius 3 is 3.00 bits per heavy atom. The molecule has 1 aliphatic rings. The summed E-state index contributed by atoms with van der Waals surface area (Å²) in [6, 6.07) is 15.3. The fourth-order valence-corrected chi connectivity index (χ4v) is 3.96. The van der Waals surface area contributed by atoms with Crippen LogP contribution < -0.4 is 15.0 Å². The first-order chi connectivity index (χ1) is 13.6. The van der Waals surface area contributed by atoms with E-state index >= 15 is 0 Å². The molecule has 144 valence electrons. The Bertz CT molecular complexity index is 1010. The second-order valence-electron chi connectivity index (χ2n) is 6.99. The number of anilines is 1. The van der Waals surface area contributed by atoms with Gasteiger partial charge < -0.3 is 15.0 Å². The molecule has 1 N–H and O–H groups in total. The molecule has 0 radical (unpaired) electrons. The highest BCUT2D eigenvalue weighted by molar-refractivity contribution is 6.32. The number of nitrogens with one attached hydrogen (secondary N) is 1. The summed E-state index contributed by atoms with van der Waals surface area (Å²) in [7, 11) is 1.67. The summed E-state index contributed by atoms with van der Waals surface area (Å²) in [5.74, 6) is 0.698. The molecule has 1 aromatic heterocycles.